The molecule has 1 saturated heterocycles. The standard InChI is InChI=1S/C16H24N2O2.C15H20O.C14H18N2O.C13H14N2.C12H20N2/c1-16(2,3)13-7-6-12-9-17-18(15(12)8-13)14(10-19-4)11-20-5;1-14(2,3)12-6-5-11-10-16-15(7-4-8-15)13(11)9-12;1-14(2,3)11-4-5-16-12(6-11)7-15-13(16)10-8-17-9-10;1-5-12-14-8-11-7-6-10(9-15(11)12)13(2,3)4;1-9(2)14-11-8-10(6-7-13-11)12(3,4)5/h6-9,14H,10-11H2,1-5H3;5-6,9H,4,7-8,10H2,1-3H3;4-7,10H,8-9H2,1-3H3;1,6-9H,2-4H3;6-9H,1-5H3,(H,13,14). The smallest absolute Gasteiger partial charge is 0.189 e. The number of benzene rings is 2. The Morgan fingerprint density at radius 1 is 0.659 bits per heavy atom. The van der Waals surface area contributed by atoms with Crippen molar-refractivity contribution in [2.24, 2.45) is 0 Å². The number of pyridine rings is 3. The summed E-state index contributed by atoms with van der Waals surface area (Å²) in [6, 6.07) is 26.8. The van der Waals surface area contributed by atoms with Gasteiger partial charge in [-0.05, 0) is 141 Å². The minimum atomic E-state index is 0.0951. The Bertz CT molecular complexity index is 3420. The van der Waals surface area contributed by atoms with Gasteiger partial charge in [0.05, 0.1) is 85.7 Å². The van der Waals surface area contributed by atoms with Gasteiger partial charge in [-0.2, -0.15) is 5.10 Å². The maximum atomic E-state index is 6.01. The molecule has 0 bridgehead atoms. The first-order chi connectivity index (χ1) is 38.4. The molecule has 1 spiro atoms. The van der Waals surface area contributed by atoms with Gasteiger partial charge in [-0.25, -0.2) is 15.0 Å². The van der Waals surface area contributed by atoms with Crippen LogP contribution in [0.15, 0.2) is 110 Å². The molecule has 8 heterocycles. The molecule has 8 aromatic rings. The number of hydrogen-bond acceptors (Lipinski definition) is 9. The molecule has 82 heavy (non-hydrogen) atoms. The molecule has 440 valence electrons. The SMILES string of the molecule is C#Cc1ncc2ccc(C(C)(C)C)cn12.CC(C)(C)c1ccc2c(c1)C1(CCC1)OC2.CC(C)(C)c1ccn2c(C3COC3)ncc2c1.CC(C)Nc1cc(C(C)(C)C)ccn1.COCC(COC)n1ncc2ccc(C(C)(C)C)cc21. The van der Waals surface area contributed by atoms with E-state index >= 15 is 0 Å². The average molecular weight is 1110 g/mol. The predicted octanol–water partition coefficient (Wildman–Crippen LogP) is 15.6. The van der Waals surface area contributed by atoms with E-state index in [0.717, 1.165) is 47.9 Å². The van der Waals surface area contributed by atoms with Crippen LogP contribution in [0, 0.1) is 12.3 Å². The van der Waals surface area contributed by atoms with Crippen LogP contribution in [0.25, 0.3) is 21.9 Å². The number of hydrogen-bond donors (Lipinski definition) is 1. The number of imidazole rings is 2. The van der Waals surface area contributed by atoms with E-state index in [0.29, 0.717) is 31.0 Å². The van der Waals surface area contributed by atoms with Gasteiger partial charge >= 0.3 is 0 Å². The average Bonchev–Trinajstić information content (AvgIpc) is 2.93. The van der Waals surface area contributed by atoms with E-state index in [-0.39, 0.29) is 38.7 Å². The number of terminal acetylenes is 1. The van der Waals surface area contributed by atoms with Gasteiger partial charge in [-0.15, -0.1) is 6.42 Å². The maximum Gasteiger partial charge on any atom is 0.189 e. The molecule has 2 aliphatic heterocycles. The summed E-state index contributed by atoms with van der Waals surface area (Å²) < 4.78 is 28.0. The Balaban J connectivity index is 0.000000148. The Kier molecular flexibility index (Phi) is 19.8. The number of methoxy groups -OCH3 is 2. The van der Waals surface area contributed by atoms with Crippen molar-refractivity contribution in [3.8, 4) is 12.3 Å². The van der Waals surface area contributed by atoms with E-state index in [1.54, 1.807) is 20.4 Å². The molecule has 1 aliphatic carbocycles. The lowest BCUT2D eigenvalue weighted by atomic mass is 9.73. The third-order valence-electron chi connectivity index (χ3n) is 15.7. The van der Waals surface area contributed by atoms with Crippen LogP contribution < -0.4 is 5.32 Å². The Hall–Kier alpha value is -6.36. The zero-order chi connectivity index (χ0) is 60.0. The monoisotopic (exact) mass is 1110 g/mol. The van der Waals surface area contributed by atoms with E-state index in [1.165, 1.54) is 63.7 Å². The summed E-state index contributed by atoms with van der Waals surface area (Å²) in [7, 11) is 3.41. The lowest BCUT2D eigenvalue weighted by Crippen LogP contribution is -2.33. The van der Waals surface area contributed by atoms with Gasteiger partial charge < -0.3 is 28.7 Å². The highest BCUT2D eigenvalue weighted by Crippen LogP contribution is 2.51. The lowest BCUT2D eigenvalue weighted by molar-refractivity contribution is -0.0944. The topological polar surface area (TPSA) is 114 Å². The van der Waals surface area contributed by atoms with Crippen molar-refractivity contribution in [3.63, 3.8) is 0 Å². The van der Waals surface area contributed by atoms with E-state index in [9.17, 15) is 0 Å². The molecule has 3 aliphatic rings. The van der Waals surface area contributed by atoms with Crippen LogP contribution >= 0.6 is 0 Å². The fourth-order valence-electron chi connectivity index (χ4n) is 10.2. The van der Waals surface area contributed by atoms with Crippen LogP contribution in [0.4, 0.5) is 5.82 Å². The van der Waals surface area contributed by atoms with Crippen molar-refractivity contribution in [2.75, 3.05) is 46.0 Å². The minimum Gasteiger partial charge on any atom is -0.382 e. The first kappa shape index (κ1) is 63.2. The molecule has 0 radical (unpaired) electrons. The summed E-state index contributed by atoms with van der Waals surface area (Å²) in [5, 5.41) is 8.97. The molecule has 2 fully saturated rings. The van der Waals surface area contributed by atoms with Crippen LogP contribution in [-0.4, -0.2) is 80.2 Å². The second kappa shape index (κ2) is 25.6. The van der Waals surface area contributed by atoms with E-state index < -0.39 is 0 Å². The molecule has 0 atom stereocenters. The summed E-state index contributed by atoms with van der Waals surface area (Å²) >= 11 is 0. The first-order valence-electron chi connectivity index (χ1n) is 29.4. The van der Waals surface area contributed by atoms with Crippen molar-refractivity contribution >= 4 is 27.8 Å². The van der Waals surface area contributed by atoms with E-state index in [4.69, 9.17) is 25.4 Å². The van der Waals surface area contributed by atoms with Crippen molar-refractivity contribution in [2.45, 2.75) is 194 Å². The van der Waals surface area contributed by atoms with Gasteiger partial charge in [-0.3, -0.25) is 9.08 Å². The lowest BCUT2D eigenvalue weighted by Gasteiger charge is -2.38. The predicted molar refractivity (Wildman–Crippen MR) is 338 cm³/mol. The van der Waals surface area contributed by atoms with Gasteiger partial charge in [0.2, 0.25) is 0 Å². The van der Waals surface area contributed by atoms with Crippen molar-refractivity contribution in [1.82, 2.24) is 33.5 Å². The highest BCUT2D eigenvalue weighted by atomic mass is 16.5. The summed E-state index contributed by atoms with van der Waals surface area (Å²) in [6.45, 7) is 41.2. The Labute approximate surface area is 491 Å². The summed E-state index contributed by atoms with van der Waals surface area (Å²) in [5.41, 5.74) is 13.9. The number of fused-ring (bicyclic) bond motifs is 5. The zero-order valence-electron chi connectivity index (χ0n) is 53.1. The number of rotatable bonds is 8. The molecule has 6 aromatic heterocycles. The third kappa shape index (κ3) is 15.4. The van der Waals surface area contributed by atoms with Crippen LogP contribution in [0.2, 0.25) is 0 Å². The van der Waals surface area contributed by atoms with Crippen LogP contribution in [-0.2, 0) is 58.2 Å². The molecule has 2 aromatic carbocycles. The molecule has 11 rings (SSSR count). The number of nitrogens with zero attached hydrogens (tertiary/aromatic N) is 7. The summed E-state index contributed by atoms with van der Waals surface area (Å²) in [6.07, 6.45) is 20.9. The Morgan fingerprint density at radius 2 is 1.24 bits per heavy atom. The van der Waals surface area contributed by atoms with Gasteiger partial charge in [0, 0.05) is 44.2 Å². The molecular weight excluding hydrogens is 1020 g/mol. The van der Waals surface area contributed by atoms with Crippen LogP contribution in [0.1, 0.15) is 200 Å². The van der Waals surface area contributed by atoms with Crippen LogP contribution in [0.3, 0.4) is 0 Å². The number of aromatic nitrogens is 7. The largest absolute Gasteiger partial charge is 0.382 e. The molecular formula is C70H96N8O4. The maximum absolute atomic E-state index is 6.01. The van der Waals surface area contributed by atoms with Gasteiger partial charge in [0.1, 0.15) is 11.6 Å². The minimum absolute atomic E-state index is 0.0951. The molecule has 12 heteroatoms. The van der Waals surface area contributed by atoms with Crippen molar-refractivity contribution in [1.29, 1.82) is 0 Å². The molecule has 1 N–H and O–H groups in total. The highest BCUT2D eigenvalue weighted by molar-refractivity contribution is 5.79. The van der Waals surface area contributed by atoms with Gasteiger partial charge in [0.25, 0.3) is 0 Å². The Morgan fingerprint density at radius 3 is 1.80 bits per heavy atom. The van der Waals surface area contributed by atoms with Crippen LogP contribution in [0.5, 0.6) is 0 Å². The third-order valence-corrected chi connectivity index (χ3v) is 15.7. The zero-order valence-corrected chi connectivity index (χ0v) is 53.1. The van der Waals surface area contributed by atoms with Gasteiger partial charge in [-0.1, -0.05) is 140 Å². The molecule has 0 amide bonds. The van der Waals surface area contributed by atoms with E-state index in [2.05, 4.69) is 239 Å². The molecule has 0 unspecified atom stereocenters. The number of nitrogens with one attached hydrogen (secondary N) is 1. The highest BCUT2D eigenvalue weighted by Gasteiger charge is 2.45. The van der Waals surface area contributed by atoms with Crippen molar-refractivity contribution < 1.29 is 18.9 Å². The summed E-state index contributed by atoms with van der Waals surface area (Å²) in [5.74, 6) is 5.81. The first-order valence-corrected chi connectivity index (χ1v) is 29.4. The van der Waals surface area contributed by atoms with Gasteiger partial charge in [0.15, 0.2) is 5.82 Å². The fraction of sp³-hybridized carbons (Fsp3) is 0.514. The number of anilines is 1. The second-order valence-corrected chi connectivity index (χ2v) is 27.9. The van der Waals surface area contributed by atoms with Crippen molar-refractivity contribution in [3.05, 3.63) is 161 Å². The summed E-state index contributed by atoms with van der Waals surface area (Å²) in [4.78, 5) is 13.0. The molecule has 1 saturated carbocycles. The van der Waals surface area contributed by atoms with E-state index in [1.807, 2.05) is 27.7 Å². The normalized spacial score (nSPS) is 15.1. The quantitative estimate of drug-likeness (QED) is 0.149. The molecule has 12 nitrogen and oxygen atoms in total. The number of ether oxygens (including phenoxy) is 4. The second-order valence-electron chi connectivity index (χ2n) is 27.9. The fourth-order valence-corrected chi connectivity index (χ4v) is 10.2.